The van der Waals surface area contributed by atoms with Crippen molar-refractivity contribution in [2.75, 3.05) is 6.54 Å². The lowest BCUT2D eigenvalue weighted by Crippen LogP contribution is -2.18. The molecule has 0 bridgehead atoms. The van der Waals surface area contributed by atoms with Gasteiger partial charge in [-0.1, -0.05) is 25.4 Å². The van der Waals surface area contributed by atoms with E-state index in [0.29, 0.717) is 12.5 Å². The molecule has 1 aromatic carbocycles. The van der Waals surface area contributed by atoms with Gasteiger partial charge in [-0.05, 0) is 24.6 Å². The van der Waals surface area contributed by atoms with Gasteiger partial charge in [-0.3, -0.25) is 0 Å². The summed E-state index contributed by atoms with van der Waals surface area (Å²) in [6.07, 6.45) is 1.58. The van der Waals surface area contributed by atoms with E-state index in [-0.39, 0.29) is 10.6 Å². The fourth-order valence-corrected chi connectivity index (χ4v) is 1.87. The Balaban J connectivity index is 2.22. The van der Waals surface area contributed by atoms with E-state index in [1.54, 1.807) is 18.4 Å². The van der Waals surface area contributed by atoms with Gasteiger partial charge in [0.05, 0.1) is 11.3 Å². The van der Waals surface area contributed by atoms with E-state index in [1.165, 1.54) is 0 Å². The average Bonchev–Trinajstić information content (AvgIpc) is 2.67. The van der Waals surface area contributed by atoms with Crippen molar-refractivity contribution >= 4 is 22.6 Å². The monoisotopic (exact) mass is 255 g/mol. The van der Waals surface area contributed by atoms with Crippen LogP contribution in [-0.4, -0.2) is 6.54 Å². The highest BCUT2D eigenvalue weighted by Crippen LogP contribution is 2.28. The van der Waals surface area contributed by atoms with Gasteiger partial charge in [0.2, 0.25) is 0 Å². The van der Waals surface area contributed by atoms with Crippen LogP contribution in [0, 0.1) is 11.7 Å². The minimum atomic E-state index is -0.487. The van der Waals surface area contributed by atoms with Crippen molar-refractivity contribution in [3.05, 3.63) is 34.8 Å². The second-order valence-electron chi connectivity index (χ2n) is 4.52. The molecule has 4 heteroatoms. The number of hydrogen-bond acceptors (Lipinski definition) is 2. The molecular formula is C13H15ClFNO. The Bertz CT molecular complexity index is 521. The summed E-state index contributed by atoms with van der Waals surface area (Å²) >= 11 is 5.69. The zero-order valence-corrected chi connectivity index (χ0v) is 10.6. The molecule has 2 rings (SSSR count). The number of fused-ring (bicyclic) bond motifs is 1. The van der Waals surface area contributed by atoms with E-state index in [1.807, 2.05) is 0 Å². The molecule has 1 N–H and O–H groups in total. The van der Waals surface area contributed by atoms with Gasteiger partial charge in [0.15, 0.2) is 11.4 Å². The molecule has 0 aliphatic rings. The van der Waals surface area contributed by atoms with Crippen LogP contribution in [0.1, 0.15) is 19.4 Å². The normalized spacial score (nSPS) is 11.6. The summed E-state index contributed by atoms with van der Waals surface area (Å²) in [5, 5.41) is 4.17. The molecular weight excluding hydrogens is 241 g/mol. The lowest BCUT2D eigenvalue weighted by Gasteiger charge is -2.05. The molecule has 2 aromatic rings. The van der Waals surface area contributed by atoms with E-state index >= 15 is 0 Å². The van der Waals surface area contributed by atoms with Crippen molar-refractivity contribution in [3.8, 4) is 0 Å². The largest absolute Gasteiger partial charge is 0.461 e. The van der Waals surface area contributed by atoms with Gasteiger partial charge < -0.3 is 9.73 Å². The van der Waals surface area contributed by atoms with E-state index in [0.717, 1.165) is 17.5 Å². The minimum Gasteiger partial charge on any atom is -0.461 e. The molecule has 1 heterocycles. The first kappa shape index (κ1) is 12.4. The second-order valence-corrected chi connectivity index (χ2v) is 4.93. The molecule has 0 unspecified atom stereocenters. The smallest absolute Gasteiger partial charge is 0.184 e. The molecule has 1 aromatic heterocycles. The predicted octanol–water partition coefficient (Wildman–Crippen LogP) is 3.97. The first-order valence-corrected chi connectivity index (χ1v) is 6.02. The lowest BCUT2D eigenvalue weighted by molar-refractivity contribution is 0.540. The molecule has 92 valence electrons. The molecule has 2 nitrogen and oxygen atoms in total. The maximum Gasteiger partial charge on any atom is 0.184 e. The second kappa shape index (κ2) is 5.07. The zero-order valence-electron chi connectivity index (χ0n) is 9.89. The van der Waals surface area contributed by atoms with Crippen LogP contribution in [0.3, 0.4) is 0 Å². The summed E-state index contributed by atoms with van der Waals surface area (Å²) in [6.45, 7) is 5.87. The molecule has 0 radical (unpaired) electrons. The SMILES string of the molecule is CC(C)CNCc1coc2c(F)c(Cl)ccc12. The fraction of sp³-hybridized carbons (Fsp3) is 0.385. The van der Waals surface area contributed by atoms with Crippen molar-refractivity contribution < 1.29 is 8.81 Å². The van der Waals surface area contributed by atoms with Gasteiger partial charge in [0, 0.05) is 17.5 Å². The molecule has 0 saturated carbocycles. The summed E-state index contributed by atoms with van der Waals surface area (Å²) < 4.78 is 18.8. The van der Waals surface area contributed by atoms with Crippen LogP contribution in [0.25, 0.3) is 11.0 Å². The summed E-state index contributed by atoms with van der Waals surface area (Å²) in [4.78, 5) is 0. The Morgan fingerprint density at radius 3 is 2.88 bits per heavy atom. The molecule has 17 heavy (non-hydrogen) atoms. The number of benzene rings is 1. The van der Waals surface area contributed by atoms with Gasteiger partial charge in [-0.15, -0.1) is 0 Å². The lowest BCUT2D eigenvalue weighted by atomic mass is 10.1. The average molecular weight is 256 g/mol. The van der Waals surface area contributed by atoms with E-state index in [4.69, 9.17) is 16.0 Å². The number of furan rings is 1. The van der Waals surface area contributed by atoms with Crippen molar-refractivity contribution in [1.29, 1.82) is 0 Å². The summed E-state index contributed by atoms with van der Waals surface area (Å²) in [6, 6.07) is 3.34. The third-order valence-corrected chi connectivity index (χ3v) is 2.87. The standard InChI is InChI=1S/C13H15ClFNO/c1-8(2)5-16-6-9-7-17-13-10(9)3-4-11(14)12(13)15/h3-4,7-8,16H,5-6H2,1-2H3. The topological polar surface area (TPSA) is 25.2 Å². The van der Waals surface area contributed by atoms with E-state index < -0.39 is 5.82 Å². The van der Waals surface area contributed by atoms with Crippen LogP contribution in [-0.2, 0) is 6.54 Å². The number of hydrogen-bond donors (Lipinski definition) is 1. The Labute approximate surface area is 105 Å². The van der Waals surface area contributed by atoms with Crippen molar-refractivity contribution in [3.63, 3.8) is 0 Å². The van der Waals surface area contributed by atoms with Crippen LogP contribution < -0.4 is 5.32 Å². The first-order valence-electron chi connectivity index (χ1n) is 5.64. The third kappa shape index (κ3) is 2.61. The Kier molecular flexibility index (Phi) is 3.69. The Hall–Kier alpha value is -1.06. The fourth-order valence-electron chi connectivity index (χ4n) is 1.73. The molecule has 0 aliphatic carbocycles. The van der Waals surface area contributed by atoms with Gasteiger partial charge in [-0.2, -0.15) is 0 Å². The molecule has 0 saturated heterocycles. The zero-order chi connectivity index (χ0) is 12.4. The van der Waals surface area contributed by atoms with Crippen LogP contribution in [0.5, 0.6) is 0 Å². The predicted molar refractivity (Wildman–Crippen MR) is 67.7 cm³/mol. The highest BCUT2D eigenvalue weighted by atomic mass is 35.5. The van der Waals surface area contributed by atoms with Crippen molar-refractivity contribution in [2.45, 2.75) is 20.4 Å². The Morgan fingerprint density at radius 1 is 1.41 bits per heavy atom. The summed E-state index contributed by atoms with van der Waals surface area (Å²) in [5.74, 6) is 0.0959. The van der Waals surface area contributed by atoms with Gasteiger partial charge in [0.25, 0.3) is 0 Å². The van der Waals surface area contributed by atoms with Gasteiger partial charge >= 0.3 is 0 Å². The summed E-state index contributed by atoms with van der Waals surface area (Å²) in [5.41, 5.74) is 1.19. The van der Waals surface area contributed by atoms with E-state index in [2.05, 4.69) is 19.2 Å². The minimum absolute atomic E-state index is 0.0912. The van der Waals surface area contributed by atoms with Crippen LogP contribution in [0.2, 0.25) is 5.02 Å². The number of nitrogens with one attached hydrogen (secondary N) is 1. The quantitative estimate of drug-likeness (QED) is 0.894. The Morgan fingerprint density at radius 2 is 2.18 bits per heavy atom. The van der Waals surface area contributed by atoms with Crippen molar-refractivity contribution in [1.82, 2.24) is 5.32 Å². The van der Waals surface area contributed by atoms with Crippen LogP contribution >= 0.6 is 11.6 Å². The van der Waals surface area contributed by atoms with Gasteiger partial charge in [0.1, 0.15) is 0 Å². The van der Waals surface area contributed by atoms with Crippen molar-refractivity contribution in [2.24, 2.45) is 5.92 Å². The molecule has 0 fully saturated rings. The number of rotatable bonds is 4. The molecule has 0 spiro atoms. The van der Waals surface area contributed by atoms with Gasteiger partial charge in [-0.25, -0.2) is 4.39 Å². The maximum atomic E-state index is 13.6. The highest BCUT2D eigenvalue weighted by Gasteiger charge is 2.12. The van der Waals surface area contributed by atoms with Crippen LogP contribution in [0.4, 0.5) is 4.39 Å². The first-order chi connectivity index (χ1) is 8.09. The third-order valence-electron chi connectivity index (χ3n) is 2.58. The highest BCUT2D eigenvalue weighted by molar-refractivity contribution is 6.31. The van der Waals surface area contributed by atoms with Crippen LogP contribution in [0.15, 0.2) is 22.8 Å². The molecule has 0 aliphatic heterocycles. The van der Waals surface area contributed by atoms with E-state index in [9.17, 15) is 4.39 Å². The molecule has 0 amide bonds. The summed E-state index contributed by atoms with van der Waals surface area (Å²) in [7, 11) is 0. The number of halogens is 2. The maximum absolute atomic E-state index is 13.6. The molecule has 0 atom stereocenters.